The number of hydrogen-bond acceptors (Lipinski definition) is 4. The van der Waals surface area contributed by atoms with E-state index in [0.29, 0.717) is 11.3 Å². The Bertz CT molecular complexity index is 506. The van der Waals surface area contributed by atoms with E-state index >= 15 is 0 Å². The number of hydrogen-bond donors (Lipinski definition) is 2. The van der Waals surface area contributed by atoms with Crippen molar-refractivity contribution in [1.29, 1.82) is 5.26 Å². The Hall–Kier alpha value is -2.22. The molecule has 1 heterocycles. The number of nitrogen functional groups attached to an aromatic ring is 1. The summed E-state index contributed by atoms with van der Waals surface area (Å²) >= 11 is 0. The zero-order valence-corrected chi connectivity index (χ0v) is 10.3. The molecule has 1 aliphatic heterocycles. The van der Waals surface area contributed by atoms with Crippen molar-refractivity contribution >= 4 is 17.3 Å². The summed E-state index contributed by atoms with van der Waals surface area (Å²) in [5, 5.41) is 11.8. The van der Waals surface area contributed by atoms with Crippen LogP contribution in [0.3, 0.4) is 0 Å². The van der Waals surface area contributed by atoms with Crippen LogP contribution in [-0.4, -0.2) is 25.0 Å². The first-order chi connectivity index (χ1) is 8.60. The number of carbonyl (C=O) groups excluding carboxylic acids is 1. The van der Waals surface area contributed by atoms with Crippen molar-refractivity contribution in [2.75, 3.05) is 23.7 Å². The molecule has 0 aromatic heterocycles. The van der Waals surface area contributed by atoms with Gasteiger partial charge in [-0.1, -0.05) is 0 Å². The number of anilines is 2. The molecule has 0 radical (unpaired) electrons. The number of carbonyl (C=O) groups is 1. The third kappa shape index (κ3) is 2.54. The van der Waals surface area contributed by atoms with Crippen LogP contribution < -0.4 is 16.0 Å². The second-order valence-corrected chi connectivity index (χ2v) is 4.52. The molecule has 2 rings (SSSR count). The summed E-state index contributed by atoms with van der Waals surface area (Å²) in [6.07, 6.45) is 0.899. The highest BCUT2D eigenvalue weighted by molar-refractivity contribution is 5.74. The summed E-state index contributed by atoms with van der Waals surface area (Å²) in [6, 6.07) is 7.52. The van der Waals surface area contributed by atoms with Gasteiger partial charge in [0.05, 0.1) is 23.0 Å². The summed E-state index contributed by atoms with van der Waals surface area (Å²) in [7, 11) is 0. The number of nitrogens with two attached hydrogens (primary N) is 1. The van der Waals surface area contributed by atoms with E-state index in [1.54, 1.807) is 18.2 Å². The minimum absolute atomic E-state index is 0.0133. The normalized spacial score (nSPS) is 18.4. The van der Waals surface area contributed by atoms with Crippen molar-refractivity contribution < 1.29 is 4.79 Å². The van der Waals surface area contributed by atoms with Gasteiger partial charge in [-0.3, -0.25) is 4.79 Å². The van der Waals surface area contributed by atoms with Crippen LogP contribution in [0.2, 0.25) is 0 Å². The van der Waals surface area contributed by atoms with E-state index in [2.05, 4.69) is 16.3 Å². The standard InChI is InChI=1S/C13H16N4O/c1-9(18)16-11-4-5-17(8-11)13-6-10(7-14)2-3-12(13)15/h2-3,6,11H,4-5,8,15H2,1H3,(H,16,18). The third-order valence-electron chi connectivity index (χ3n) is 3.10. The SMILES string of the molecule is CC(=O)NC1CCN(c2cc(C#N)ccc2N)C1. The monoisotopic (exact) mass is 244 g/mol. The minimum atomic E-state index is -0.0133. The molecular formula is C13H16N4O. The van der Waals surface area contributed by atoms with Crippen molar-refractivity contribution in [3.63, 3.8) is 0 Å². The molecule has 18 heavy (non-hydrogen) atoms. The van der Waals surface area contributed by atoms with E-state index in [4.69, 9.17) is 11.0 Å². The molecule has 5 heteroatoms. The molecular weight excluding hydrogens is 228 g/mol. The van der Waals surface area contributed by atoms with E-state index in [-0.39, 0.29) is 11.9 Å². The summed E-state index contributed by atoms with van der Waals surface area (Å²) < 4.78 is 0. The Morgan fingerprint density at radius 1 is 1.61 bits per heavy atom. The van der Waals surface area contributed by atoms with Crippen molar-refractivity contribution in [3.05, 3.63) is 23.8 Å². The van der Waals surface area contributed by atoms with Crippen molar-refractivity contribution in [2.24, 2.45) is 0 Å². The first kappa shape index (κ1) is 12.2. The molecule has 1 aliphatic rings. The van der Waals surface area contributed by atoms with E-state index in [1.807, 2.05) is 0 Å². The van der Waals surface area contributed by atoms with Crippen LogP contribution in [-0.2, 0) is 4.79 Å². The van der Waals surface area contributed by atoms with Crippen LogP contribution in [0, 0.1) is 11.3 Å². The summed E-state index contributed by atoms with van der Waals surface area (Å²) in [4.78, 5) is 13.1. The summed E-state index contributed by atoms with van der Waals surface area (Å²) in [5.74, 6) is -0.0133. The van der Waals surface area contributed by atoms with Crippen LogP contribution in [0.15, 0.2) is 18.2 Å². The second kappa shape index (κ2) is 4.96. The predicted octanol–water partition coefficient (Wildman–Crippen LogP) is 0.855. The van der Waals surface area contributed by atoms with Crippen LogP contribution in [0.1, 0.15) is 18.9 Å². The molecule has 3 N–H and O–H groups in total. The highest BCUT2D eigenvalue weighted by Gasteiger charge is 2.24. The fraction of sp³-hybridized carbons (Fsp3) is 0.385. The lowest BCUT2D eigenvalue weighted by molar-refractivity contribution is -0.119. The molecule has 0 spiro atoms. The Morgan fingerprint density at radius 2 is 2.39 bits per heavy atom. The fourth-order valence-corrected chi connectivity index (χ4v) is 2.27. The number of benzene rings is 1. The molecule has 1 atom stereocenters. The van der Waals surface area contributed by atoms with Crippen molar-refractivity contribution in [3.8, 4) is 6.07 Å². The van der Waals surface area contributed by atoms with Gasteiger partial charge in [0.1, 0.15) is 0 Å². The van der Waals surface area contributed by atoms with Gasteiger partial charge in [0.25, 0.3) is 0 Å². The largest absolute Gasteiger partial charge is 0.397 e. The Balaban J connectivity index is 2.14. The van der Waals surface area contributed by atoms with Gasteiger partial charge in [-0.15, -0.1) is 0 Å². The van der Waals surface area contributed by atoms with Crippen LogP contribution in [0.4, 0.5) is 11.4 Å². The maximum Gasteiger partial charge on any atom is 0.217 e. The van der Waals surface area contributed by atoms with Gasteiger partial charge in [0, 0.05) is 26.1 Å². The van der Waals surface area contributed by atoms with E-state index in [0.717, 1.165) is 25.2 Å². The summed E-state index contributed by atoms with van der Waals surface area (Å²) in [6.45, 7) is 3.09. The average molecular weight is 244 g/mol. The summed E-state index contributed by atoms with van der Waals surface area (Å²) in [5.41, 5.74) is 8.07. The zero-order valence-electron chi connectivity index (χ0n) is 10.3. The van der Waals surface area contributed by atoms with Gasteiger partial charge in [-0.05, 0) is 24.6 Å². The highest BCUT2D eigenvalue weighted by atomic mass is 16.1. The molecule has 0 bridgehead atoms. The van der Waals surface area contributed by atoms with Crippen LogP contribution >= 0.6 is 0 Å². The number of nitriles is 1. The number of nitrogens with one attached hydrogen (secondary N) is 1. The third-order valence-corrected chi connectivity index (χ3v) is 3.10. The van der Waals surface area contributed by atoms with Gasteiger partial charge in [0.2, 0.25) is 5.91 Å². The molecule has 1 saturated heterocycles. The van der Waals surface area contributed by atoms with E-state index in [9.17, 15) is 4.79 Å². The Morgan fingerprint density at radius 3 is 3.06 bits per heavy atom. The van der Waals surface area contributed by atoms with Gasteiger partial charge in [0.15, 0.2) is 0 Å². The predicted molar refractivity (Wildman–Crippen MR) is 70.0 cm³/mol. The van der Waals surface area contributed by atoms with Crippen LogP contribution in [0.5, 0.6) is 0 Å². The van der Waals surface area contributed by atoms with Crippen molar-refractivity contribution in [1.82, 2.24) is 5.32 Å². The molecule has 1 unspecified atom stereocenters. The lowest BCUT2D eigenvalue weighted by atomic mass is 10.2. The van der Waals surface area contributed by atoms with Gasteiger partial charge in [-0.2, -0.15) is 5.26 Å². The first-order valence-electron chi connectivity index (χ1n) is 5.92. The van der Waals surface area contributed by atoms with E-state index < -0.39 is 0 Å². The zero-order chi connectivity index (χ0) is 13.1. The van der Waals surface area contributed by atoms with Gasteiger partial charge < -0.3 is 16.0 Å². The molecule has 0 saturated carbocycles. The van der Waals surface area contributed by atoms with Crippen LogP contribution in [0.25, 0.3) is 0 Å². The maximum atomic E-state index is 11.0. The molecule has 1 aromatic carbocycles. The lowest BCUT2D eigenvalue weighted by Crippen LogP contribution is -2.35. The number of amides is 1. The molecule has 1 aromatic rings. The smallest absolute Gasteiger partial charge is 0.217 e. The maximum absolute atomic E-state index is 11.0. The quantitative estimate of drug-likeness (QED) is 0.756. The van der Waals surface area contributed by atoms with Gasteiger partial charge in [-0.25, -0.2) is 0 Å². The Labute approximate surface area is 106 Å². The molecule has 94 valence electrons. The molecule has 1 fully saturated rings. The fourth-order valence-electron chi connectivity index (χ4n) is 2.27. The highest BCUT2D eigenvalue weighted by Crippen LogP contribution is 2.27. The van der Waals surface area contributed by atoms with Crippen molar-refractivity contribution in [2.45, 2.75) is 19.4 Å². The number of rotatable bonds is 2. The second-order valence-electron chi connectivity index (χ2n) is 4.52. The minimum Gasteiger partial charge on any atom is -0.397 e. The van der Waals surface area contributed by atoms with E-state index in [1.165, 1.54) is 6.92 Å². The van der Waals surface area contributed by atoms with Gasteiger partial charge >= 0.3 is 0 Å². The Kier molecular flexibility index (Phi) is 3.38. The number of nitrogens with zero attached hydrogens (tertiary/aromatic N) is 2. The topological polar surface area (TPSA) is 82.2 Å². The molecule has 0 aliphatic carbocycles. The lowest BCUT2D eigenvalue weighted by Gasteiger charge is -2.20. The first-order valence-corrected chi connectivity index (χ1v) is 5.92. The average Bonchev–Trinajstić information content (AvgIpc) is 2.77. The molecule has 5 nitrogen and oxygen atoms in total. The molecule has 1 amide bonds.